The molecule has 0 aliphatic rings. The Kier molecular flexibility index (Phi) is 2.85. The quantitative estimate of drug-likeness (QED) is 0.696. The van der Waals surface area contributed by atoms with Gasteiger partial charge in [-0.25, -0.2) is 9.97 Å². The van der Waals surface area contributed by atoms with Gasteiger partial charge in [0, 0.05) is 11.1 Å². The Labute approximate surface area is 99.7 Å². The third-order valence-corrected chi connectivity index (χ3v) is 2.51. The van der Waals surface area contributed by atoms with Crippen molar-refractivity contribution in [3.8, 4) is 0 Å². The summed E-state index contributed by atoms with van der Waals surface area (Å²) >= 11 is 0. The van der Waals surface area contributed by atoms with Crippen molar-refractivity contribution in [3.05, 3.63) is 24.5 Å². The first-order valence-electron chi connectivity index (χ1n) is 5.41. The van der Waals surface area contributed by atoms with Crippen molar-refractivity contribution in [2.75, 3.05) is 17.7 Å². The fourth-order valence-corrected chi connectivity index (χ4v) is 1.53. The highest BCUT2D eigenvalue weighted by Gasteiger charge is 2.17. The van der Waals surface area contributed by atoms with Crippen LogP contribution in [0.2, 0.25) is 0 Å². The van der Waals surface area contributed by atoms with E-state index < -0.39 is 5.54 Å². The number of fused-ring (bicyclic) bond motifs is 1. The van der Waals surface area contributed by atoms with Crippen LogP contribution in [0.1, 0.15) is 13.8 Å². The molecule has 17 heavy (non-hydrogen) atoms. The van der Waals surface area contributed by atoms with E-state index in [1.165, 1.54) is 6.33 Å². The minimum absolute atomic E-state index is 0.0147. The van der Waals surface area contributed by atoms with E-state index in [0.717, 1.165) is 10.9 Å². The van der Waals surface area contributed by atoms with Crippen LogP contribution >= 0.6 is 0 Å². The topological polar surface area (TPSA) is 84.1 Å². The van der Waals surface area contributed by atoms with Gasteiger partial charge in [-0.2, -0.15) is 0 Å². The molecule has 5 heteroatoms. The summed E-state index contributed by atoms with van der Waals surface area (Å²) in [5.41, 5.74) is 6.81. The van der Waals surface area contributed by atoms with E-state index in [0.29, 0.717) is 11.5 Å². The second-order valence-corrected chi connectivity index (χ2v) is 4.67. The summed E-state index contributed by atoms with van der Waals surface area (Å²) < 4.78 is 0. The number of aliphatic hydroxyl groups excluding tert-OH is 1. The van der Waals surface area contributed by atoms with Crippen molar-refractivity contribution < 1.29 is 5.11 Å². The highest BCUT2D eigenvalue weighted by atomic mass is 16.3. The molecule has 0 radical (unpaired) electrons. The maximum absolute atomic E-state index is 9.25. The van der Waals surface area contributed by atoms with Gasteiger partial charge in [-0.3, -0.25) is 0 Å². The normalized spacial score (nSPS) is 11.7. The minimum Gasteiger partial charge on any atom is -0.399 e. The van der Waals surface area contributed by atoms with Gasteiger partial charge in [-0.1, -0.05) is 0 Å². The lowest BCUT2D eigenvalue weighted by Crippen LogP contribution is -2.35. The van der Waals surface area contributed by atoms with Gasteiger partial charge in [0.05, 0.1) is 17.7 Å². The molecule has 4 N–H and O–H groups in total. The molecule has 0 amide bonds. The van der Waals surface area contributed by atoms with E-state index in [1.54, 1.807) is 6.07 Å². The van der Waals surface area contributed by atoms with E-state index in [-0.39, 0.29) is 6.61 Å². The molecule has 0 unspecified atom stereocenters. The maximum Gasteiger partial charge on any atom is 0.137 e. The van der Waals surface area contributed by atoms with Crippen LogP contribution in [0.4, 0.5) is 11.5 Å². The fraction of sp³-hybridized carbons (Fsp3) is 0.333. The molecule has 1 aromatic carbocycles. The van der Waals surface area contributed by atoms with Gasteiger partial charge in [0.1, 0.15) is 12.1 Å². The second-order valence-electron chi connectivity index (χ2n) is 4.67. The molecule has 0 aliphatic carbocycles. The number of aliphatic hydroxyl groups is 1. The van der Waals surface area contributed by atoms with Crippen LogP contribution in [0.15, 0.2) is 24.5 Å². The predicted octanol–water partition coefficient (Wildman–Crippen LogP) is 1.39. The maximum atomic E-state index is 9.25. The zero-order chi connectivity index (χ0) is 12.5. The average Bonchev–Trinajstić information content (AvgIpc) is 2.30. The zero-order valence-corrected chi connectivity index (χ0v) is 9.94. The average molecular weight is 232 g/mol. The van der Waals surface area contributed by atoms with Crippen LogP contribution in [0.3, 0.4) is 0 Å². The number of aromatic nitrogens is 2. The van der Waals surface area contributed by atoms with Crippen molar-refractivity contribution in [2.45, 2.75) is 19.4 Å². The number of benzene rings is 1. The van der Waals surface area contributed by atoms with Crippen molar-refractivity contribution in [1.29, 1.82) is 0 Å². The highest BCUT2D eigenvalue weighted by molar-refractivity contribution is 5.91. The number of hydrogen-bond donors (Lipinski definition) is 3. The molecule has 1 aromatic heterocycles. The summed E-state index contributed by atoms with van der Waals surface area (Å²) in [6.45, 7) is 3.81. The fourth-order valence-electron chi connectivity index (χ4n) is 1.53. The Hall–Kier alpha value is -1.88. The largest absolute Gasteiger partial charge is 0.399 e. The van der Waals surface area contributed by atoms with Gasteiger partial charge >= 0.3 is 0 Å². The summed E-state index contributed by atoms with van der Waals surface area (Å²) in [4.78, 5) is 8.36. The van der Waals surface area contributed by atoms with Gasteiger partial charge in [0.25, 0.3) is 0 Å². The summed E-state index contributed by atoms with van der Waals surface area (Å²) in [6, 6.07) is 5.48. The zero-order valence-electron chi connectivity index (χ0n) is 9.94. The molecular weight excluding hydrogens is 216 g/mol. The SMILES string of the molecule is CC(C)(CO)Nc1ncnc2ccc(N)cc12. The Morgan fingerprint density at radius 3 is 2.82 bits per heavy atom. The van der Waals surface area contributed by atoms with Gasteiger partial charge in [0.15, 0.2) is 0 Å². The van der Waals surface area contributed by atoms with Crippen LogP contribution in [-0.4, -0.2) is 27.2 Å². The van der Waals surface area contributed by atoms with Gasteiger partial charge in [-0.15, -0.1) is 0 Å². The molecule has 0 atom stereocenters. The van der Waals surface area contributed by atoms with Crippen molar-refractivity contribution >= 4 is 22.4 Å². The lowest BCUT2D eigenvalue weighted by Gasteiger charge is -2.24. The molecular formula is C12H16N4O. The lowest BCUT2D eigenvalue weighted by molar-refractivity contribution is 0.234. The molecule has 0 fully saturated rings. The molecule has 1 heterocycles. The number of nitrogen functional groups attached to an aromatic ring is 1. The standard InChI is InChI=1S/C12H16N4O/c1-12(2,6-17)16-11-9-5-8(13)3-4-10(9)14-7-15-11/h3-5,7,17H,6,13H2,1-2H3,(H,14,15,16). The number of nitrogens with two attached hydrogens (primary N) is 1. The lowest BCUT2D eigenvalue weighted by atomic mass is 10.1. The second kappa shape index (κ2) is 4.18. The molecule has 0 bridgehead atoms. The Bertz CT molecular complexity index is 539. The Morgan fingerprint density at radius 2 is 2.12 bits per heavy atom. The summed E-state index contributed by atoms with van der Waals surface area (Å²) in [6.07, 6.45) is 1.49. The number of rotatable bonds is 3. The number of nitrogens with one attached hydrogen (secondary N) is 1. The highest BCUT2D eigenvalue weighted by Crippen LogP contribution is 2.23. The smallest absolute Gasteiger partial charge is 0.137 e. The van der Waals surface area contributed by atoms with Crippen molar-refractivity contribution in [1.82, 2.24) is 9.97 Å². The predicted molar refractivity (Wildman–Crippen MR) is 68.7 cm³/mol. The summed E-state index contributed by atoms with van der Waals surface area (Å²) in [5, 5.41) is 13.3. The van der Waals surface area contributed by atoms with Crippen LogP contribution in [-0.2, 0) is 0 Å². The van der Waals surface area contributed by atoms with Crippen LogP contribution in [0.5, 0.6) is 0 Å². The molecule has 2 aromatic rings. The molecule has 5 nitrogen and oxygen atoms in total. The first-order chi connectivity index (χ1) is 8.02. The first-order valence-corrected chi connectivity index (χ1v) is 5.41. The number of anilines is 2. The molecule has 0 spiro atoms. The Balaban J connectivity index is 2.50. The number of nitrogens with zero attached hydrogens (tertiary/aromatic N) is 2. The van der Waals surface area contributed by atoms with E-state index in [1.807, 2.05) is 26.0 Å². The van der Waals surface area contributed by atoms with Crippen molar-refractivity contribution in [3.63, 3.8) is 0 Å². The van der Waals surface area contributed by atoms with E-state index in [4.69, 9.17) is 5.73 Å². The third kappa shape index (κ3) is 2.45. The van der Waals surface area contributed by atoms with Crippen molar-refractivity contribution in [2.24, 2.45) is 0 Å². The van der Waals surface area contributed by atoms with Crippen LogP contribution in [0, 0.1) is 0 Å². The monoisotopic (exact) mass is 232 g/mol. The molecule has 0 saturated heterocycles. The summed E-state index contributed by atoms with van der Waals surface area (Å²) in [7, 11) is 0. The molecule has 0 saturated carbocycles. The van der Waals surface area contributed by atoms with Crippen LogP contribution < -0.4 is 11.1 Å². The number of hydrogen-bond acceptors (Lipinski definition) is 5. The van der Waals surface area contributed by atoms with Gasteiger partial charge in [-0.05, 0) is 32.0 Å². The Morgan fingerprint density at radius 1 is 1.35 bits per heavy atom. The first kappa shape index (κ1) is 11.6. The molecule has 2 rings (SSSR count). The van der Waals surface area contributed by atoms with Crippen LogP contribution in [0.25, 0.3) is 10.9 Å². The van der Waals surface area contributed by atoms with Gasteiger partial charge in [0.2, 0.25) is 0 Å². The van der Waals surface area contributed by atoms with E-state index in [9.17, 15) is 5.11 Å². The van der Waals surface area contributed by atoms with E-state index >= 15 is 0 Å². The van der Waals surface area contributed by atoms with E-state index in [2.05, 4.69) is 15.3 Å². The summed E-state index contributed by atoms with van der Waals surface area (Å²) in [5.74, 6) is 0.682. The molecule has 90 valence electrons. The minimum atomic E-state index is -0.439. The molecule has 0 aliphatic heterocycles. The third-order valence-electron chi connectivity index (χ3n) is 2.51. The van der Waals surface area contributed by atoms with Gasteiger partial charge < -0.3 is 16.2 Å².